The van der Waals surface area contributed by atoms with Crippen molar-refractivity contribution in [3.05, 3.63) is 46.6 Å². The number of aliphatic imine (C=N–C) groups is 1. The lowest BCUT2D eigenvalue weighted by atomic mass is 10.0. The number of carbonyl (C=O) groups is 1. The van der Waals surface area contributed by atoms with Gasteiger partial charge in [0, 0.05) is 17.3 Å². The van der Waals surface area contributed by atoms with Gasteiger partial charge in [0.25, 0.3) is 5.91 Å². The van der Waals surface area contributed by atoms with Crippen LogP contribution in [0.2, 0.25) is 5.28 Å². The molecule has 0 saturated carbocycles. The molecule has 2 heterocycles. The molecule has 0 unspecified atom stereocenters. The first-order valence-electron chi connectivity index (χ1n) is 5.06. The van der Waals surface area contributed by atoms with E-state index in [1.807, 2.05) is 0 Å². The van der Waals surface area contributed by atoms with Gasteiger partial charge in [0.15, 0.2) is 5.82 Å². The van der Waals surface area contributed by atoms with Crippen molar-refractivity contribution in [2.75, 3.05) is 0 Å². The number of rotatable bonds is 1. The molecule has 6 heteroatoms. The molecule has 0 radical (unpaired) electrons. The van der Waals surface area contributed by atoms with Crippen LogP contribution in [0.5, 0.6) is 0 Å². The summed E-state index contributed by atoms with van der Waals surface area (Å²) < 4.78 is 13.6. The van der Waals surface area contributed by atoms with Gasteiger partial charge in [0.05, 0.1) is 11.8 Å². The highest BCUT2D eigenvalue weighted by molar-refractivity contribution is 6.28. The molecule has 1 amide bonds. The Morgan fingerprint density at radius 2 is 2.11 bits per heavy atom. The van der Waals surface area contributed by atoms with Crippen LogP contribution in [0.1, 0.15) is 15.9 Å². The Labute approximate surface area is 106 Å². The second-order valence-electron chi connectivity index (χ2n) is 3.70. The van der Waals surface area contributed by atoms with Gasteiger partial charge in [-0.3, -0.25) is 4.79 Å². The highest BCUT2D eigenvalue weighted by atomic mass is 35.5. The third kappa shape index (κ3) is 1.69. The van der Waals surface area contributed by atoms with Crippen molar-refractivity contribution < 1.29 is 9.18 Å². The summed E-state index contributed by atoms with van der Waals surface area (Å²) in [5.41, 5.74) is 1.68. The maximum Gasteiger partial charge on any atom is 0.277 e. The molecule has 0 atom stereocenters. The largest absolute Gasteiger partial charge is 0.277 e. The van der Waals surface area contributed by atoms with Crippen LogP contribution in [0, 0.1) is 5.82 Å². The van der Waals surface area contributed by atoms with E-state index in [9.17, 15) is 9.18 Å². The van der Waals surface area contributed by atoms with Crippen molar-refractivity contribution in [1.29, 1.82) is 0 Å². The molecule has 0 N–H and O–H groups in total. The normalized spacial score (nSPS) is 12.9. The van der Waals surface area contributed by atoms with Gasteiger partial charge in [0.1, 0.15) is 5.69 Å². The quantitative estimate of drug-likeness (QED) is 0.741. The maximum atomic E-state index is 13.6. The van der Waals surface area contributed by atoms with Crippen LogP contribution in [0.3, 0.4) is 0 Å². The summed E-state index contributed by atoms with van der Waals surface area (Å²) in [7, 11) is 0. The topological polar surface area (TPSA) is 55.2 Å². The summed E-state index contributed by atoms with van der Waals surface area (Å²) >= 11 is 5.63. The molecule has 3 rings (SSSR count). The summed E-state index contributed by atoms with van der Waals surface area (Å²) in [5.74, 6) is -0.932. The number of aromatic nitrogens is 2. The minimum atomic E-state index is -0.592. The number of fused-ring (bicyclic) bond motifs is 1. The van der Waals surface area contributed by atoms with Crippen LogP contribution in [0.25, 0.3) is 11.3 Å². The fourth-order valence-corrected chi connectivity index (χ4v) is 1.88. The number of hydrogen-bond donors (Lipinski definition) is 0. The van der Waals surface area contributed by atoms with Gasteiger partial charge < -0.3 is 0 Å². The lowest BCUT2D eigenvalue weighted by molar-refractivity contribution is 0.101. The molecular formula is C12H5ClFN3O. The Morgan fingerprint density at radius 1 is 1.28 bits per heavy atom. The maximum absolute atomic E-state index is 13.6. The standard InChI is InChI=1S/C12H5ClFN3O/c13-12-16-5-9(14)10(17-12)6-1-2-7-4-15-11(18)8(7)3-6/h1-5H. The molecule has 18 heavy (non-hydrogen) atoms. The van der Waals surface area contributed by atoms with E-state index in [1.165, 1.54) is 6.21 Å². The molecule has 1 aromatic carbocycles. The first-order chi connectivity index (χ1) is 8.65. The second-order valence-corrected chi connectivity index (χ2v) is 4.04. The third-order valence-corrected chi connectivity index (χ3v) is 2.77. The van der Waals surface area contributed by atoms with Gasteiger partial charge in [0.2, 0.25) is 5.28 Å². The van der Waals surface area contributed by atoms with E-state index in [0.717, 1.165) is 6.20 Å². The first kappa shape index (κ1) is 11.0. The third-order valence-electron chi connectivity index (χ3n) is 2.59. The van der Waals surface area contributed by atoms with Crippen molar-refractivity contribution in [2.24, 2.45) is 4.99 Å². The Bertz CT molecular complexity index is 700. The first-order valence-corrected chi connectivity index (χ1v) is 5.44. The molecular weight excluding hydrogens is 257 g/mol. The van der Waals surface area contributed by atoms with E-state index in [-0.39, 0.29) is 16.9 Å². The SMILES string of the molecule is O=C1N=Cc2ccc(-c3nc(Cl)ncc3F)cc21. The molecule has 0 fully saturated rings. The number of benzene rings is 1. The summed E-state index contributed by atoms with van der Waals surface area (Å²) in [4.78, 5) is 22.5. The van der Waals surface area contributed by atoms with E-state index in [4.69, 9.17) is 11.6 Å². The second kappa shape index (κ2) is 3.96. The van der Waals surface area contributed by atoms with Crippen molar-refractivity contribution in [1.82, 2.24) is 9.97 Å². The predicted octanol–water partition coefficient (Wildman–Crippen LogP) is 2.51. The average molecular weight is 262 g/mol. The Balaban J connectivity index is 2.17. The van der Waals surface area contributed by atoms with E-state index in [1.54, 1.807) is 18.2 Å². The van der Waals surface area contributed by atoms with Gasteiger partial charge >= 0.3 is 0 Å². The van der Waals surface area contributed by atoms with Crippen LogP contribution in [0.4, 0.5) is 4.39 Å². The van der Waals surface area contributed by atoms with Crippen LogP contribution >= 0.6 is 11.6 Å². The summed E-state index contributed by atoms with van der Waals surface area (Å²) in [6.07, 6.45) is 2.47. The summed E-state index contributed by atoms with van der Waals surface area (Å²) in [6.45, 7) is 0. The molecule has 1 aliphatic heterocycles. The van der Waals surface area contributed by atoms with Gasteiger partial charge in [-0.2, -0.15) is 0 Å². The van der Waals surface area contributed by atoms with Gasteiger partial charge in [-0.25, -0.2) is 19.4 Å². The number of nitrogens with zero attached hydrogens (tertiary/aromatic N) is 3. The van der Waals surface area contributed by atoms with Crippen LogP contribution in [-0.2, 0) is 0 Å². The molecule has 2 aromatic rings. The average Bonchev–Trinajstić information content (AvgIpc) is 2.74. The Hall–Kier alpha value is -2.14. The number of halogens is 2. The lowest BCUT2D eigenvalue weighted by Gasteiger charge is -2.04. The highest BCUT2D eigenvalue weighted by Gasteiger charge is 2.17. The smallest absolute Gasteiger partial charge is 0.267 e. The van der Waals surface area contributed by atoms with Crippen molar-refractivity contribution in [3.63, 3.8) is 0 Å². The van der Waals surface area contributed by atoms with Crippen molar-refractivity contribution in [3.8, 4) is 11.3 Å². The van der Waals surface area contributed by atoms with Crippen LogP contribution in [-0.4, -0.2) is 22.1 Å². The fraction of sp³-hybridized carbons (Fsp3) is 0. The van der Waals surface area contributed by atoms with Gasteiger partial charge in [-0.1, -0.05) is 12.1 Å². The molecule has 1 aromatic heterocycles. The molecule has 0 saturated heterocycles. The van der Waals surface area contributed by atoms with Gasteiger partial charge in [-0.05, 0) is 17.7 Å². The number of hydrogen-bond acceptors (Lipinski definition) is 3. The monoisotopic (exact) mass is 261 g/mol. The van der Waals surface area contributed by atoms with Crippen LogP contribution in [0.15, 0.2) is 29.4 Å². The van der Waals surface area contributed by atoms with E-state index < -0.39 is 5.82 Å². The zero-order chi connectivity index (χ0) is 12.7. The molecule has 0 aliphatic carbocycles. The van der Waals surface area contributed by atoms with Crippen LogP contribution < -0.4 is 0 Å². The number of amides is 1. The number of carbonyl (C=O) groups excluding carboxylic acids is 1. The fourth-order valence-electron chi connectivity index (χ4n) is 1.75. The molecule has 4 nitrogen and oxygen atoms in total. The highest BCUT2D eigenvalue weighted by Crippen LogP contribution is 2.25. The molecule has 88 valence electrons. The van der Waals surface area contributed by atoms with E-state index in [0.29, 0.717) is 16.7 Å². The lowest BCUT2D eigenvalue weighted by Crippen LogP contribution is -1.96. The van der Waals surface area contributed by atoms with Crippen molar-refractivity contribution >= 4 is 23.7 Å². The minimum absolute atomic E-state index is 0.0468. The van der Waals surface area contributed by atoms with Gasteiger partial charge in [-0.15, -0.1) is 0 Å². The minimum Gasteiger partial charge on any atom is -0.267 e. The Morgan fingerprint density at radius 3 is 2.94 bits per heavy atom. The van der Waals surface area contributed by atoms with Crippen molar-refractivity contribution in [2.45, 2.75) is 0 Å². The molecule has 0 spiro atoms. The van der Waals surface area contributed by atoms with E-state index >= 15 is 0 Å². The summed E-state index contributed by atoms with van der Waals surface area (Å²) in [5, 5.41) is -0.0468. The predicted molar refractivity (Wildman–Crippen MR) is 64.4 cm³/mol. The Kier molecular flexibility index (Phi) is 2.41. The molecule has 0 bridgehead atoms. The zero-order valence-corrected chi connectivity index (χ0v) is 9.65. The van der Waals surface area contributed by atoms with E-state index in [2.05, 4.69) is 15.0 Å². The molecule has 1 aliphatic rings. The summed E-state index contributed by atoms with van der Waals surface area (Å²) in [6, 6.07) is 4.89. The zero-order valence-electron chi connectivity index (χ0n) is 8.89.